The highest BCUT2D eigenvalue weighted by Gasteiger charge is 2.21. The Morgan fingerprint density at radius 3 is 2.43 bits per heavy atom. The van der Waals surface area contributed by atoms with Gasteiger partial charge in [0.15, 0.2) is 0 Å². The van der Waals surface area contributed by atoms with Crippen LogP contribution < -0.4 is 14.8 Å². The third-order valence-electron chi connectivity index (χ3n) is 2.73. The highest BCUT2D eigenvalue weighted by Crippen LogP contribution is 2.23. The van der Waals surface area contributed by atoms with Gasteiger partial charge in [-0.05, 0) is 24.3 Å². The van der Waals surface area contributed by atoms with Crippen LogP contribution in [0.5, 0.6) is 5.75 Å². The van der Waals surface area contributed by atoms with Crippen LogP contribution in [0.3, 0.4) is 0 Å². The number of carbonyl (C=O) groups excluding carboxylic acids is 1. The summed E-state index contributed by atoms with van der Waals surface area (Å²) in [4.78, 5) is 11.6. The van der Waals surface area contributed by atoms with E-state index in [1.807, 2.05) is 0 Å². The number of hydrogen-bond donors (Lipinski definition) is 2. The number of nitrogens with zero attached hydrogens (tertiary/aromatic N) is 2. The Kier molecular flexibility index (Phi) is 5.16. The van der Waals surface area contributed by atoms with Crippen molar-refractivity contribution in [3.05, 3.63) is 24.3 Å². The number of nitrogens with one attached hydrogen (secondary N) is 2. The SMILES string of the molecule is COc1ccc(NS(=O)(=O)c2nnc(NC(=O)C(C)C)s2)cc1. The van der Waals surface area contributed by atoms with E-state index in [4.69, 9.17) is 4.74 Å². The van der Waals surface area contributed by atoms with E-state index in [1.165, 1.54) is 7.11 Å². The zero-order chi connectivity index (χ0) is 17.0. The van der Waals surface area contributed by atoms with E-state index in [0.717, 1.165) is 11.3 Å². The molecule has 2 N–H and O–H groups in total. The number of carbonyl (C=O) groups is 1. The van der Waals surface area contributed by atoms with Gasteiger partial charge in [-0.25, -0.2) is 0 Å². The molecule has 124 valence electrons. The number of methoxy groups -OCH3 is 1. The van der Waals surface area contributed by atoms with Gasteiger partial charge < -0.3 is 10.1 Å². The molecule has 8 nitrogen and oxygen atoms in total. The van der Waals surface area contributed by atoms with E-state index in [0.29, 0.717) is 11.4 Å². The monoisotopic (exact) mass is 356 g/mol. The molecule has 23 heavy (non-hydrogen) atoms. The summed E-state index contributed by atoms with van der Waals surface area (Å²) in [5, 5.41) is 9.93. The van der Waals surface area contributed by atoms with E-state index in [9.17, 15) is 13.2 Å². The average Bonchev–Trinajstić information content (AvgIpc) is 2.97. The molecule has 0 aliphatic rings. The lowest BCUT2D eigenvalue weighted by Gasteiger charge is -2.06. The lowest BCUT2D eigenvalue weighted by atomic mass is 10.2. The maximum Gasteiger partial charge on any atom is 0.291 e. The zero-order valence-electron chi connectivity index (χ0n) is 12.7. The van der Waals surface area contributed by atoms with Crippen LogP contribution in [0.1, 0.15) is 13.8 Å². The van der Waals surface area contributed by atoms with Gasteiger partial charge in [0.25, 0.3) is 14.4 Å². The smallest absolute Gasteiger partial charge is 0.291 e. The zero-order valence-corrected chi connectivity index (χ0v) is 14.4. The van der Waals surface area contributed by atoms with E-state index in [1.54, 1.807) is 38.1 Å². The normalized spacial score (nSPS) is 11.3. The van der Waals surface area contributed by atoms with Gasteiger partial charge in [0.1, 0.15) is 5.75 Å². The second-order valence-electron chi connectivity index (χ2n) is 4.85. The van der Waals surface area contributed by atoms with E-state index < -0.39 is 10.0 Å². The summed E-state index contributed by atoms with van der Waals surface area (Å²) in [6, 6.07) is 6.40. The Morgan fingerprint density at radius 1 is 1.22 bits per heavy atom. The molecule has 1 aromatic carbocycles. The molecule has 1 aromatic heterocycles. The first-order valence-electron chi connectivity index (χ1n) is 6.63. The molecule has 0 fully saturated rings. The molecule has 0 radical (unpaired) electrons. The second kappa shape index (κ2) is 6.92. The lowest BCUT2D eigenvalue weighted by Crippen LogP contribution is -2.17. The van der Waals surface area contributed by atoms with Crippen molar-refractivity contribution in [3.63, 3.8) is 0 Å². The van der Waals surface area contributed by atoms with Crippen molar-refractivity contribution in [3.8, 4) is 5.75 Å². The molecule has 0 atom stereocenters. The summed E-state index contributed by atoms with van der Waals surface area (Å²) < 4.78 is 31.6. The molecule has 0 aliphatic heterocycles. The van der Waals surface area contributed by atoms with Gasteiger partial charge in [-0.15, -0.1) is 10.2 Å². The van der Waals surface area contributed by atoms with Gasteiger partial charge in [0.05, 0.1) is 7.11 Å². The summed E-state index contributed by atoms with van der Waals surface area (Å²) in [7, 11) is -2.34. The molecule has 10 heteroatoms. The first-order valence-corrected chi connectivity index (χ1v) is 8.93. The van der Waals surface area contributed by atoms with E-state index in [-0.39, 0.29) is 21.3 Å². The summed E-state index contributed by atoms with van der Waals surface area (Å²) in [5.74, 6) is 0.118. The topological polar surface area (TPSA) is 110 Å². The fourth-order valence-electron chi connectivity index (χ4n) is 1.48. The van der Waals surface area contributed by atoms with Gasteiger partial charge in [-0.1, -0.05) is 25.2 Å². The average molecular weight is 356 g/mol. The van der Waals surface area contributed by atoms with Gasteiger partial charge in [-0.2, -0.15) is 8.42 Å². The van der Waals surface area contributed by atoms with Gasteiger partial charge >= 0.3 is 0 Å². The van der Waals surface area contributed by atoms with Crippen LogP contribution in [0.4, 0.5) is 10.8 Å². The van der Waals surface area contributed by atoms with Crippen molar-refractivity contribution in [1.29, 1.82) is 0 Å². The Hall–Kier alpha value is -2.20. The number of anilines is 2. The van der Waals surface area contributed by atoms with Gasteiger partial charge in [0, 0.05) is 11.6 Å². The summed E-state index contributed by atoms with van der Waals surface area (Å²) in [6.07, 6.45) is 0. The third-order valence-corrected chi connectivity index (χ3v) is 5.32. The van der Waals surface area contributed by atoms with E-state index >= 15 is 0 Å². The summed E-state index contributed by atoms with van der Waals surface area (Å²) in [6.45, 7) is 3.44. The van der Waals surface area contributed by atoms with Crippen molar-refractivity contribution in [2.45, 2.75) is 18.2 Å². The van der Waals surface area contributed by atoms with Crippen molar-refractivity contribution in [2.75, 3.05) is 17.1 Å². The van der Waals surface area contributed by atoms with Crippen molar-refractivity contribution >= 4 is 38.1 Å². The number of aromatic nitrogens is 2. The van der Waals surface area contributed by atoms with Crippen LogP contribution in [-0.4, -0.2) is 31.6 Å². The molecule has 0 saturated heterocycles. The fourth-order valence-corrected chi connectivity index (χ4v) is 3.44. The minimum absolute atomic E-state index is 0.138. The maximum atomic E-state index is 12.2. The maximum absolute atomic E-state index is 12.2. The molecule has 1 heterocycles. The number of benzene rings is 1. The number of hydrogen-bond acceptors (Lipinski definition) is 7. The number of rotatable bonds is 6. The molecule has 0 aliphatic carbocycles. The minimum atomic E-state index is -3.87. The Labute approximate surface area is 137 Å². The van der Waals surface area contributed by atoms with Crippen LogP contribution in [0, 0.1) is 5.92 Å². The van der Waals surface area contributed by atoms with Crippen LogP contribution in [0.2, 0.25) is 0 Å². The molecular formula is C13H16N4O4S2. The highest BCUT2D eigenvalue weighted by molar-refractivity contribution is 7.94. The van der Waals surface area contributed by atoms with Crippen LogP contribution in [-0.2, 0) is 14.8 Å². The first kappa shape index (κ1) is 17.2. The Bertz CT molecular complexity index is 785. The van der Waals surface area contributed by atoms with E-state index in [2.05, 4.69) is 20.2 Å². The summed E-state index contributed by atoms with van der Waals surface area (Å²) >= 11 is 0.783. The predicted molar refractivity (Wildman–Crippen MR) is 87.2 cm³/mol. The molecule has 0 spiro atoms. The largest absolute Gasteiger partial charge is 0.497 e. The van der Waals surface area contributed by atoms with Crippen LogP contribution in [0.25, 0.3) is 0 Å². The summed E-state index contributed by atoms with van der Waals surface area (Å²) in [5.41, 5.74) is 0.369. The lowest BCUT2D eigenvalue weighted by molar-refractivity contribution is -0.118. The van der Waals surface area contributed by atoms with Crippen molar-refractivity contribution in [1.82, 2.24) is 10.2 Å². The number of sulfonamides is 1. The molecule has 2 aromatic rings. The molecule has 2 rings (SSSR count). The number of amides is 1. The van der Waals surface area contributed by atoms with Gasteiger partial charge in [-0.3, -0.25) is 9.52 Å². The third kappa shape index (κ3) is 4.39. The van der Waals surface area contributed by atoms with Crippen molar-refractivity contribution in [2.24, 2.45) is 5.92 Å². The fraction of sp³-hybridized carbons (Fsp3) is 0.308. The Balaban J connectivity index is 2.13. The van der Waals surface area contributed by atoms with Crippen LogP contribution in [0.15, 0.2) is 28.6 Å². The molecule has 1 amide bonds. The van der Waals surface area contributed by atoms with Gasteiger partial charge in [0.2, 0.25) is 11.0 Å². The highest BCUT2D eigenvalue weighted by atomic mass is 32.2. The standard InChI is InChI=1S/C13H16N4O4S2/c1-8(2)11(18)14-12-15-16-13(22-12)23(19,20)17-9-4-6-10(21-3)7-5-9/h4-8,17H,1-3H3,(H,14,15,18). The van der Waals surface area contributed by atoms with Crippen molar-refractivity contribution < 1.29 is 17.9 Å². The Morgan fingerprint density at radius 2 is 1.87 bits per heavy atom. The van der Waals surface area contributed by atoms with Crippen LogP contribution >= 0.6 is 11.3 Å². The molecular weight excluding hydrogens is 340 g/mol. The second-order valence-corrected chi connectivity index (χ2v) is 7.68. The number of ether oxygens (including phenoxy) is 1. The molecule has 0 unspecified atom stereocenters. The predicted octanol–water partition coefficient (Wildman–Crippen LogP) is 1.94. The molecule has 0 saturated carbocycles. The molecule has 0 bridgehead atoms. The minimum Gasteiger partial charge on any atom is -0.497 e. The quantitative estimate of drug-likeness (QED) is 0.765. The first-order chi connectivity index (χ1) is 10.8.